The molecule has 0 bridgehead atoms. The Morgan fingerprint density at radius 1 is 1.16 bits per heavy atom. The van der Waals surface area contributed by atoms with Gasteiger partial charge in [-0.05, 0) is 44.5 Å². The second kappa shape index (κ2) is 6.26. The van der Waals surface area contributed by atoms with Crippen LogP contribution in [-0.4, -0.2) is 6.04 Å². The van der Waals surface area contributed by atoms with E-state index in [0.29, 0.717) is 0 Å². The quantitative estimate of drug-likeness (QED) is 0.871. The molecule has 1 N–H and O–H groups in total. The first-order valence-electron chi connectivity index (χ1n) is 6.28. The van der Waals surface area contributed by atoms with Gasteiger partial charge < -0.3 is 5.32 Å². The van der Waals surface area contributed by atoms with Gasteiger partial charge in [-0.1, -0.05) is 6.07 Å². The predicted molar refractivity (Wildman–Crippen MR) is 75.4 cm³/mol. The lowest BCUT2D eigenvalue weighted by Crippen LogP contribution is -2.28. The zero-order valence-corrected chi connectivity index (χ0v) is 11.9. The molecule has 0 aliphatic heterocycles. The summed E-state index contributed by atoms with van der Waals surface area (Å²) in [5.41, 5.74) is 0.108. The van der Waals surface area contributed by atoms with E-state index >= 15 is 0 Å². The van der Waals surface area contributed by atoms with Gasteiger partial charge in [-0.15, -0.1) is 11.3 Å². The van der Waals surface area contributed by atoms with Crippen LogP contribution in [0.3, 0.4) is 0 Å². The fourth-order valence-electron chi connectivity index (χ4n) is 1.95. The number of aryl methyl sites for hydroxylation is 1. The maximum Gasteiger partial charge on any atom is 0.130 e. The Morgan fingerprint density at radius 3 is 2.42 bits per heavy atom. The van der Waals surface area contributed by atoms with Crippen molar-refractivity contribution in [2.75, 3.05) is 0 Å². The van der Waals surface area contributed by atoms with Gasteiger partial charge in [0.05, 0.1) is 0 Å². The third kappa shape index (κ3) is 3.85. The molecular weight excluding hydrogens is 264 g/mol. The fourth-order valence-corrected chi connectivity index (χ4v) is 2.97. The van der Waals surface area contributed by atoms with Gasteiger partial charge in [0, 0.05) is 27.9 Å². The average Bonchev–Trinajstić information content (AvgIpc) is 2.74. The van der Waals surface area contributed by atoms with Crippen molar-refractivity contribution < 1.29 is 8.78 Å². The van der Waals surface area contributed by atoms with Gasteiger partial charge in [-0.25, -0.2) is 8.78 Å². The van der Waals surface area contributed by atoms with E-state index in [-0.39, 0.29) is 18.2 Å². The predicted octanol–water partition coefficient (Wildman–Crippen LogP) is 4.06. The van der Waals surface area contributed by atoms with E-state index in [2.05, 4.69) is 24.4 Å². The SMILES string of the molecule is Cc1ccc(CC(C)NCc2c(F)cccc2F)s1. The van der Waals surface area contributed by atoms with E-state index in [0.717, 1.165) is 6.42 Å². The highest BCUT2D eigenvalue weighted by atomic mass is 32.1. The zero-order valence-electron chi connectivity index (χ0n) is 11.0. The van der Waals surface area contributed by atoms with Gasteiger partial charge in [0.1, 0.15) is 11.6 Å². The maximum absolute atomic E-state index is 13.5. The minimum absolute atomic E-state index is 0.108. The normalized spacial score (nSPS) is 12.6. The van der Waals surface area contributed by atoms with Crippen molar-refractivity contribution in [1.82, 2.24) is 5.32 Å². The van der Waals surface area contributed by atoms with Crippen LogP contribution in [0.15, 0.2) is 30.3 Å². The van der Waals surface area contributed by atoms with Crippen LogP contribution in [0.1, 0.15) is 22.2 Å². The van der Waals surface area contributed by atoms with Crippen LogP contribution in [0.5, 0.6) is 0 Å². The number of hydrogen-bond acceptors (Lipinski definition) is 2. The molecule has 19 heavy (non-hydrogen) atoms. The van der Waals surface area contributed by atoms with Crippen LogP contribution < -0.4 is 5.32 Å². The molecule has 2 rings (SSSR count). The maximum atomic E-state index is 13.5. The number of benzene rings is 1. The lowest BCUT2D eigenvalue weighted by molar-refractivity contribution is 0.499. The molecule has 0 amide bonds. The molecule has 0 aliphatic rings. The van der Waals surface area contributed by atoms with Crippen LogP contribution in [-0.2, 0) is 13.0 Å². The molecule has 0 saturated carbocycles. The van der Waals surface area contributed by atoms with Gasteiger partial charge in [-0.2, -0.15) is 0 Å². The Morgan fingerprint density at radius 2 is 1.84 bits per heavy atom. The standard InChI is InChI=1S/C15H17F2NS/c1-10(8-12-7-6-11(2)19-12)18-9-13-14(16)4-3-5-15(13)17/h3-7,10,18H,8-9H2,1-2H3. The third-order valence-corrected chi connectivity index (χ3v) is 4.02. The largest absolute Gasteiger partial charge is 0.310 e. The fraction of sp³-hybridized carbons (Fsp3) is 0.333. The van der Waals surface area contributed by atoms with Crippen molar-refractivity contribution in [3.05, 3.63) is 57.3 Å². The Labute approximate surface area is 116 Å². The highest BCUT2D eigenvalue weighted by molar-refractivity contribution is 7.11. The molecular formula is C15H17F2NS. The molecule has 1 aromatic heterocycles. The molecule has 102 valence electrons. The molecule has 0 saturated heterocycles. The van der Waals surface area contributed by atoms with Crippen molar-refractivity contribution in [3.63, 3.8) is 0 Å². The molecule has 1 aromatic carbocycles. The molecule has 1 heterocycles. The van der Waals surface area contributed by atoms with E-state index in [1.165, 1.54) is 28.0 Å². The Kier molecular flexibility index (Phi) is 4.66. The van der Waals surface area contributed by atoms with Gasteiger partial charge in [0.2, 0.25) is 0 Å². The summed E-state index contributed by atoms with van der Waals surface area (Å²) in [4.78, 5) is 2.56. The number of rotatable bonds is 5. The highest BCUT2D eigenvalue weighted by Gasteiger charge is 2.10. The van der Waals surface area contributed by atoms with Crippen molar-refractivity contribution in [2.24, 2.45) is 0 Å². The monoisotopic (exact) mass is 281 g/mol. The second-order valence-corrected chi connectivity index (χ2v) is 6.07. The lowest BCUT2D eigenvalue weighted by Gasteiger charge is -2.13. The molecule has 0 radical (unpaired) electrons. The Hall–Kier alpha value is -1.26. The van der Waals surface area contributed by atoms with E-state index in [9.17, 15) is 8.78 Å². The van der Waals surface area contributed by atoms with Crippen molar-refractivity contribution in [1.29, 1.82) is 0 Å². The van der Waals surface area contributed by atoms with E-state index in [4.69, 9.17) is 0 Å². The average molecular weight is 281 g/mol. The first-order valence-corrected chi connectivity index (χ1v) is 7.09. The summed E-state index contributed by atoms with van der Waals surface area (Å²) in [6, 6.07) is 8.31. The molecule has 1 atom stereocenters. The van der Waals surface area contributed by atoms with Gasteiger partial charge in [-0.3, -0.25) is 0 Å². The lowest BCUT2D eigenvalue weighted by atomic mass is 10.1. The number of nitrogens with one attached hydrogen (secondary N) is 1. The smallest absolute Gasteiger partial charge is 0.130 e. The third-order valence-electron chi connectivity index (χ3n) is 2.99. The first-order chi connectivity index (χ1) is 9.06. The highest BCUT2D eigenvalue weighted by Crippen LogP contribution is 2.17. The minimum atomic E-state index is -0.494. The van der Waals surface area contributed by atoms with Crippen LogP contribution in [0.4, 0.5) is 8.78 Å². The number of halogens is 2. The summed E-state index contributed by atoms with van der Waals surface area (Å²) in [5, 5.41) is 3.16. The summed E-state index contributed by atoms with van der Waals surface area (Å²) in [7, 11) is 0. The van der Waals surface area contributed by atoms with Gasteiger partial charge >= 0.3 is 0 Å². The number of thiophene rings is 1. The molecule has 0 aliphatic carbocycles. The van der Waals surface area contributed by atoms with Gasteiger partial charge in [0.25, 0.3) is 0 Å². The van der Waals surface area contributed by atoms with E-state index in [1.54, 1.807) is 11.3 Å². The topological polar surface area (TPSA) is 12.0 Å². The summed E-state index contributed by atoms with van der Waals surface area (Å²) in [5.74, 6) is -0.988. The van der Waals surface area contributed by atoms with E-state index in [1.807, 2.05) is 6.92 Å². The Bertz CT molecular complexity index is 531. The second-order valence-electron chi connectivity index (χ2n) is 4.70. The van der Waals surface area contributed by atoms with Crippen LogP contribution in [0.25, 0.3) is 0 Å². The Balaban J connectivity index is 1.91. The summed E-state index contributed by atoms with van der Waals surface area (Å²) >= 11 is 1.76. The summed E-state index contributed by atoms with van der Waals surface area (Å²) < 4.78 is 26.9. The summed E-state index contributed by atoms with van der Waals surface area (Å²) in [6.45, 7) is 4.30. The summed E-state index contributed by atoms with van der Waals surface area (Å²) in [6.07, 6.45) is 0.870. The molecule has 1 nitrogen and oxygen atoms in total. The first kappa shape index (κ1) is 14.2. The van der Waals surface area contributed by atoms with Gasteiger partial charge in [0.15, 0.2) is 0 Å². The van der Waals surface area contributed by atoms with Crippen LogP contribution in [0, 0.1) is 18.6 Å². The van der Waals surface area contributed by atoms with E-state index < -0.39 is 11.6 Å². The molecule has 4 heteroatoms. The molecule has 0 spiro atoms. The molecule has 0 fully saturated rings. The minimum Gasteiger partial charge on any atom is -0.310 e. The zero-order chi connectivity index (χ0) is 13.8. The van der Waals surface area contributed by atoms with Crippen molar-refractivity contribution in [3.8, 4) is 0 Å². The number of hydrogen-bond donors (Lipinski definition) is 1. The van der Waals surface area contributed by atoms with Crippen LogP contribution >= 0.6 is 11.3 Å². The molecule has 1 unspecified atom stereocenters. The van der Waals surface area contributed by atoms with Crippen molar-refractivity contribution >= 4 is 11.3 Å². The van der Waals surface area contributed by atoms with Crippen LogP contribution in [0.2, 0.25) is 0 Å². The van der Waals surface area contributed by atoms with Crippen molar-refractivity contribution in [2.45, 2.75) is 32.9 Å². The molecule has 2 aromatic rings.